The lowest BCUT2D eigenvalue weighted by molar-refractivity contribution is 0.186. The summed E-state index contributed by atoms with van der Waals surface area (Å²) >= 11 is 5.54. The third-order valence-electron chi connectivity index (χ3n) is 2.19. The number of thiophene rings is 1. The van der Waals surface area contributed by atoms with Gasteiger partial charge in [-0.2, -0.15) is 0 Å². The highest BCUT2D eigenvalue weighted by Crippen LogP contribution is 2.37. The summed E-state index contributed by atoms with van der Waals surface area (Å²) in [5.41, 5.74) is 0. The van der Waals surface area contributed by atoms with Crippen molar-refractivity contribution in [2.75, 3.05) is 13.2 Å². The molecule has 0 N–H and O–H groups in total. The van der Waals surface area contributed by atoms with Gasteiger partial charge in [0.1, 0.15) is 0 Å². The molecule has 0 aromatic carbocycles. The van der Waals surface area contributed by atoms with E-state index in [0.29, 0.717) is 10.7 Å². The fourth-order valence-electron chi connectivity index (χ4n) is 1.46. The van der Waals surface area contributed by atoms with Crippen LogP contribution in [0.2, 0.25) is 0 Å². The van der Waals surface area contributed by atoms with Crippen LogP contribution in [-0.2, 0) is 4.74 Å². The number of halogens is 1. The second-order valence-corrected chi connectivity index (χ2v) is 5.01. The molecule has 0 radical (unpaired) electrons. The molecule has 1 aromatic rings. The van der Waals surface area contributed by atoms with Crippen molar-refractivity contribution < 1.29 is 4.74 Å². The van der Waals surface area contributed by atoms with Crippen molar-refractivity contribution in [3.8, 4) is 0 Å². The summed E-state index contributed by atoms with van der Waals surface area (Å²) in [5, 5.41) is 2.12. The third kappa shape index (κ3) is 1.73. The minimum Gasteiger partial charge on any atom is -0.381 e. The topological polar surface area (TPSA) is 9.23 Å². The van der Waals surface area contributed by atoms with Gasteiger partial charge >= 0.3 is 0 Å². The quantitative estimate of drug-likeness (QED) is 0.729. The molecule has 0 aliphatic carbocycles. The molecule has 1 saturated heterocycles. The Labute approximate surface area is 84.9 Å². The molecule has 66 valence electrons. The molecule has 0 bridgehead atoms. The van der Waals surface area contributed by atoms with Crippen LogP contribution in [-0.4, -0.2) is 13.2 Å². The highest BCUT2D eigenvalue weighted by atomic mass is 79.9. The van der Waals surface area contributed by atoms with Gasteiger partial charge in [0.15, 0.2) is 0 Å². The summed E-state index contributed by atoms with van der Waals surface area (Å²) in [6.45, 7) is 1.84. The molecule has 2 atom stereocenters. The van der Waals surface area contributed by atoms with Crippen LogP contribution in [0.3, 0.4) is 0 Å². The zero-order valence-electron chi connectivity index (χ0n) is 6.70. The average Bonchev–Trinajstić information content (AvgIpc) is 2.77. The van der Waals surface area contributed by atoms with Crippen molar-refractivity contribution in [2.45, 2.75) is 11.2 Å². The smallest absolute Gasteiger partial charge is 0.0540 e. The molecule has 2 unspecified atom stereocenters. The Morgan fingerprint density at radius 2 is 2.58 bits per heavy atom. The Morgan fingerprint density at radius 3 is 3.17 bits per heavy atom. The third-order valence-corrected chi connectivity index (χ3v) is 4.69. The first-order chi connectivity index (χ1) is 5.88. The summed E-state index contributed by atoms with van der Waals surface area (Å²) in [6, 6.07) is 4.28. The van der Waals surface area contributed by atoms with Crippen LogP contribution < -0.4 is 0 Å². The molecule has 1 aliphatic heterocycles. The molecule has 2 heterocycles. The maximum absolute atomic E-state index is 5.35. The molecular weight excluding hydrogens is 236 g/mol. The van der Waals surface area contributed by atoms with Crippen molar-refractivity contribution >= 4 is 27.3 Å². The largest absolute Gasteiger partial charge is 0.381 e. The van der Waals surface area contributed by atoms with Crippen LogP contribution in [0.15, 0.2) is 17.5 Å². The minimum absolute atomic E-state index is 0.500. The second kappa shape index (κ2) is 3.90. The average molecular weight is 247 g/mol. The predicted octanol–water partition coefficient (Wildman–Crippen LogP) is 3.22. The van der Waals surface area contributed by atoms with E-state index in [2.05, 4.69) is 33.4 Å². The monoisotopic (exact) mass is 246 g/mol. The summed E-state index contributed by atoms with van der Waals surface area (Å²) in [6.07, 6.45) is 1.19. The van der Waals surface area contributed by atoms with Crippen LogP contribution in [0.5, 0.6) is 0 Å². The fourth-order valence-corrected chi connectivity index (χ4v) is 3.15. The van der Waals surface area contributed by atoms with E-state index in [-0.39, 0.29) is 0 Å². The van der Waals surface area contributed by atoms with Crippen molar-refractivity contribution in [3.63, 3.8) is 0 Å². The molecular formula is C9H11BrOS. The minimum atomic E-state index is 0.500. The molecule has 0 spiro atoms. The number of ether oxygens (including phenoxy) is 1. The summed E-state index contributed by atoms with van der Waals surface area (Å²) < 4.78 is 5.35. The van der Waals surface area contributed by atoms with E-state index in [4.69, 9.17) is 4.74 Å². The SMILES string of the molecule is BrC(c1cccs1)C1CCOC1. The van der Waals surface area contributed by atoms with Crippen molar-refractivity contribution in [3.05, 3.63) is 22.4 Å². The van der Waals surface area contributed by atoms with Crippen molar-refractivity contribution in [1.29, 1.82) is 0 Å². The van der Waals surface area contributed by atoms with Gasteiger partial charge in [0.05, 0.1) is 11.4 Å². The van der Waals surface area contributed by atoms with Gasteiger partial charge in [0.2, 0.25) is 0 Å². The maximum atomic E-state index is 5.35. The van der Waals surface area contributed by atoms with Gasteiger partial charge in [-0.15, -0.1) is 11.3 Å². The zero-order chi connectivity index (χ0) is 8.39. The van der Waals surface area contributed by atoms with Crippen LogP contribution in [0.4, 0.5) is 0 Å². The first-order valence-corrected chi connectivity index (χ1v) is 5.92. The van der Waals surface area contributed by atoms with Gasteiger partial charge in [0, 0.05) is 17.4 Å². The molecule has 1 aromatic heterocycles. The molecule has 1 nitrogen and oxygen atoms in total. The Hall–Kier alpha value is 0.140. The molecule has 12 heavy (non-hydrogen) atoms. The van der Waals surface area contributed by atoms with Gasteiger partial charge in [0.25, 0.3) is 0 Å². The zero-order valence-corrected chi connectivity index (χ0v) is 9.11. The van der Waals surface area contributed by atoms with Gasteiger partial charge in [-0.25, -0.2) is 0 Å². The maximum Gasteiger partial charge on any atom is 0.0540 e. The van der Waals surface area contributed by atoms with Crippen LogP contribution >= 0.6 is 27.3 Å². The molecule has 0 amide bonds. The second-order valence-electron chi connectivity index (χ2n) is 3.04. The first-order valence-electron chi connectivity index (χ1n) is 4.13. The van der Waals surface area contributed by atoms with Gasteiger partial charge in [-0.05, 0) is 17.9 Å². The van der Waals surface area contributed by atoms with E-state index in [1.807, 2.05) is 11.3 Å². The van der Waals surface area contributed by atoms with E-state index in [1.54, 1.807) is 0 Å². The fraction of sp³-hybridized carbons (Fsp3) is 0.556. The highest BCUT2D eigenvalue weighted by molar-refractivity contribution is 9.09. The molecule has 1 fully saturated rings. The number of alkyl halides is 1. The normalized spacial score (nSPS) is 25.9. The summed E-state index contributed by atoms with van der Waals surface area (Å²) in [5.74, 6) is 0.670. The lowest BCUT2D eigenvalue weighted by Crippen LogP contribution is -2.05. The Kier molecular flexibility index (Phi) is 2.84. The Balaban J connectivity index is 2.04. The van der Waals surface area contributed by atoms with Crippen LogP contribution in [0, 0.1) is 5.92 Å². The summed E-state index contributed by atoms with van der Waals surface area (Å²) in [7, 11) is 0. The first kappa shape index (κ1) is 8.73. The molecule has 0 saturated carbocycles. The lowest BCUT2D eigenvalue weighted by Gasteiger charge is -2.13. The van der Waals surface area contributed by atoms with E-state index < -0.39 is 0 Å². The number of rotatable bonds is 2. The Morgan fingerprint density at radius 1 is 1.67 bits per heavy atom. The number of hydrogen-bond donors (Lipinski definition) is 0. The van der Waals surface area contributed by atoms with Crippen molar-refractivity contribution in [1.82, 2.24) is 0 Å². The van der Waals surface area contributed by atoms with Crippen LogP contribution in [0.1, 0.15) is 16.1 Å². The van der Waals surface area contributed by atoms with Gasteiger partial charge in [-0.3, -0.25) is 0 Å². The van der Waals surface area contributed by atoms with Gasteiger partial charge in [-0.1, -0.05) is 22.0 Å². The predicted molar refractivity (Wildman–Crippen MR) is 54.9 cm³/mol. The number of hydrogen-bond acceptors (Lipinski definition) is 2. The molecule has 3 heteroatoms. The van der Waals surface area contributed by atoms with Crippen molar-refractivity contribution in [2.24, 2.45) is 5.92 Å². The van der Waals surface area contributed by atoms with E-state index in [1.165, 1.54) is 11.3 Å². The molecule has 2 rings (SSSR count). The summed E-state index contributed by atoms with van der Waals surface area (Å²) in [4.78, 5) is 1.92. The lowest BCUT2D eigenvalue weighted by atomic mass is 10.0. The molecule has 1 aliphatic rings. The van der Waals surface area contributed by atoms with Crippen LogP contribution in [0.25, 0.3) is 0 Å². The Bertz CT molecular complexity index is 229. The van der Waals surface area contributed by atoms with Gasteiger partial charge < -0.3 is 4.74 Å². The standard InChI is InChI=1S/C9H11BrOS/c10-9(7-3-4-11-6-7)8-2-1-5-12-8/h1-2,5,7,9H,3-4,6H2. The highest BCUT2D eigenvalue weighted by Gasteiger charge is 2.25. The van der Waals surface area contributed by atoms with E-state index in [9.17, 15) is 0 Å². The van der Waals surface area contributed by atoms with E-state index in [0.717, 1.165) is 13.2 Å². The van der Waals surface area contributed by atoms with E-state index >= 15 is 0 Å².